The third kappa shape index (κ3) is 2.36. The fourth-order valence-corrected chi connectivity index (χ4v) is 3.11. The van der Waals surface area contributed by atoms with E-state index in [-0.39, 0.29) is 29.4 Å². The van der Waals surface area contributed by atoms with Crippen LogP contribution in [-0.2, 0) is 9.53 Å². The molecule has 1 aliphatic rings. The van der Waals surface area contributed by atoms with Crippen LogP contribution in [0.4, 0.5) is 0 Å². The van der Waals surface area contributed by atoms with Crippen molar-refractivity contribution in [2.75, 3.05) is 6.61 Å². The average Bonchev–Trinajstić information content (AvgIpc) is 3.15. The molecule has 26 heavy (non-hydrogen) atoms. The first-order valence-electron chi connectivity index (χ1n) is 8.05. The highest BCUT2D eigenvalue weighted by Gasteiger charge is 2.40. The minimum Gasteiger partial charge on any atom is -0.468 e. The molecule has 0 amide bonds. The molecule has 0 saturated carbocycles. The van der Waals surface area contributed by atoms with Gasteiger partial charge in [0.1, 0.15) is 16.9 Å². The third-order valence-electron chi connectivity index (χ3n) is 4.18. The second-order valence-corrected chi connectivity index (χ2v) is 5.68. The Kier molecular flexibility index (Phi) is 3.76. The van der Waals surface area contributed by atoms with Gasteiger partial charge in [-0.05, 0) is 31.2 Å². The van der Waals surface area contributed by atoms with Crippen LogP contribution >= 0.6 is 0 Å². The number of hydrogen-bond donors (Lipinski definition) is 1. The molecule has 2 aromatic heterocycles. The summed E-state index contributed by atoms with van der Waals surface area (Å²) in [4.78, 5) is 25.2. The minimum atomic E-state index is -0.881. The average molecular weight is 353 g/mol. The molecule has 2 N–H and O–H groups in total. The van der Waals surface area contributed by atoms with Crippen LogP contribution in [0.25, 0.3) is 11.0 Å². The van der Waals surface area contributed by atoms with Crippen LogP contribution in [0.3, 0.4) is 0 Å². The van der Waals surface area contributed by atoms with Crippen molar-refractivity contribution < 1.29 is 23.1 Å². The molecule has 4 rings (SSSR count). The highest BCUT2D eigenvalue weighted by Crippen LogP contribution is 2.44. The first kappa shape index (κ1) is 16.0. The summed E-state index contributed by atoms with van der Waals surface area (Å²) < 4.78 is 21.7. The van der Waals surface area contributed by atoms with Gasteiger partial charge < -0.3 is 24.0 Å². The molecule has 3 heterocycles. The summed E-state index contributed by atoms with van der Waals surface area (Å²) in [6.07, 6.45) is 1.45. The third-order valence-corrected chi connectivity index (χ3v) is 4.18. The molecular formula is C19H15NO6. The lowest BCUT2D eigenvalue weighted by Crippen LogP contribution is -2.30. The standard InChI is InChI=1S/C19H15NO6/c1-2-23-18(21)15-13(12-8-5-9-24-12)14-16(26-17(15)20)10-6-3-4-7-11(10)25-19(14)22/h3-9,13H,2,20H2,1H3. The second-order valence-electron chi connectivity index (χ2n) is 5.68. The zero-order valence-corrected chi connectivity index (χ0v) is 13.9. The minimum absolute atomic E-state index is 0.0110. The molecule has 0 bridgehead atoms. The Labute approximate surface area is 147 Å². The fourth-order valence-electron chi connectivity index (χ4n) is 3.11. The van der Waals surface area contributed by atoms with E-state index in [4.69, 9.17) is 24.0 Å². The van der Waals surface area contributed by atoms with Crippen molar-refractivity contribution in [3.8, 4) is 5.75 Å². The maximum Gasteiger partial charge on any atom is 0.344 e. The van der Waals surface area contributed by atoms with E-state index in [9.17, 15) is 9.59 Å². The Morgan fingerprint density at radius 1 is 1.23 bits per heavy atom. The Balaban J connectivity index is 2.03. The maximum absolute atomic E-state index is 12.7. The van der Waals surface area contributed by atoms with Crippen molar-refractivity contribution in [1.29, 1.82) is 0 Å². The summed E-state index contributed by atoms with van der Waals surface area (Å²) in [5, 5.41) is 0.574. The molecule has 1 aliphatic heterocycles. The van der Waals surface area contributed by atoms with Gasteiger partial charge in [-0.25, -0.2) is 9.59 Å². The predicted octanol–water partition coefficient (Wildman–Crippen LogP) is 2.64. The number of carbonyl (C=O) groups excluding carboxylic acids is 1. The molecule has 3 aromatic rings. The molecule has 1 unspecified atom stereocenters. The van der Waals surface area contributed by atoms with E-state index in [2.05, 4.69) is 0 Å². The molecule has 7 nitrogen and oxygen atoms in total. The van der Waals surface area contributed by atoms with E-state index in [1.165, 1.54) is 6.26 Å². The van der Waals surface area contributed by atoms with Crippen molar-refractivity contribution >= 4 is 16.9 Å². The van der Waals surface area contributed by atoms with Gasteiger partial charge in [0, 0.05) is 0 Å². The van der Waals surface area contributed by atoms with Crippen molar-refractivity contribution in [3.63, 3.8) is 0 Å². The SMILES string of the molecule is CCOC(=O)C1=C(N)Oc2c(c(=O)oc3ccccc23)C1c1ccco1. The number of fused-ring (bicyclic) bond motifs is 3. The van der Waals surface area contributed by atoms with Crippen molar-refractivity contribution in [2.45, 2.75) is 12.8 Å². The maximum atomic E-state index is 12.7. The monoisotopic (exact) mass is 353 g/mol. The van der Waals surface area contributed by atoms with E-state index in [1.54, 1.807) is 43.3 Å². The highest BCUT2D eigenvalue weighted by molar-refractivity contribution is 5.94. The predicted molar refractivity (Wildman–Crippen MR) is 91.5 cm³/mol. The number of nitrogens with two attached hydrogens (primary N) is 1. The van der Waals surface area contributed by atoms with Crippen LogP contribution in [0.15, 0.2) is 67.7 Å². The van der Waals surface area contributed by atoms with Crippen LogP contribution in [0.2, 0.25) is 0 Å². The van der Waals surface area contributed by atoms with Gasteiger partial charge in [0.25, 0.3) is 0 Å². The van der Waals surface area contributed by atoms with E-state index in [0.717, 1.165) is 0 Å². The van der Waals surface area contributed by atoms with Crippen LogP contribution in [0, 0.1) is 0 Å². The molecule has 132 valence electrons. The van der Waals surface area contributed by atoms with Gasteiger partial charge in [-0.3, -0.25) is 0 Å². The van der Waals surface area contributed by atoms with Gasteiger partial charge in [-0.2, -0.15) is 0 Å². The zero-order chi connectivity index (χ0) is 18.3. The Morgan fingerprint density at radius 3 is 2.77 bits per heavy atom. The summed E-state index contributed by atoms with van der Waals surface area (Å²) in [6.45, 7) is 1.83. The van der Waals surface area contributed by atoms with Crippen molar-refractivity contribution in [1.82, 2.24) is 0 Å². The van der Waals surface area contributed by atoms with Gasteiger partial charge in [0.2, 0.25) is 5.88 Å². The first-order valence-corrected chi connectivity index (χ1v) is 8.05. The smallest absolute Gasteiger partial charge is 0.344 e. The number of rotatable bonds is 3. The van der Waals surface area contributed by atoms with Crippen LogP contribution in [-0.4, -0.2) is 12.6 Å². The zero-order valence-electron chi connectivity index (χ0n) is 13.9. The summed E-state index contributed by atoms with van der Waals surface area (Å²) in [7, 11) is 0. The van der Waals surface area contributed by atoms with Crippen LogP contribution in [0.1, 0.15) is 24.2 Å². The molecule has 0 fully saturated rings. The van der Waals surface area contributed by atoms with Gasteiger partial charge in [0.05, 0.1) is 29.7 Å². The number of esters is 1. The molecule has 1 aromatic carbocycles. The Hall–Kier alpha value is -3.48. The van der Waals surface area contributed by atoms with E-state index in [0.29, 0.717) is 16.7 Å². The normalized spacial score (nSPS) is 16.3. The summed E-state index contributed by atoms with van der Waals surface area (Å²) in [6, 6.07) is 10.2. The lowest BCUT2D eigenvalue weighted by Gasteiger charge is -2.26. The van der Waals surface area contributed by atoms with Crippen molar-refractivity contribution in [3.05, 3.63) is 75.9 Å². The topological polar surface area (TPSA) is 105 Å². The number of hydrogen-bond acceptors (Lipinski definition) is 7. The molecule has 0 aliphatic carbocycles. The van der Waals surface area contributed by atoms with E-state index in [1.807, 2.05) is 0 Å². The molecular weight excluding hydrogens is 338 g/mol. The summed E-state index contributed by atoms with van der Waals surface area (Å²) in [5.41, 5.74) is 5.94. The highest BCUT2D eigenvalue weighted by atomic mass is 16.5. The number of benzene rings is 1. The first-order chi connectivity index (χ1) is 12.6. The Bertz CT molecular complexity index is 1080. The van der Waals surface area contributed by atoms with Crippen molar-refractivity contribution in [2.24, 2.45) is 5.73 Å². The number of carbonyl (C=O) groups is 1. The summed E-state index contributed by atoms with van der Waals surface area (Å²) >= 11 is 0. The second kappa shape index (κ2) is 6.11. The van der Waals surface area contributed by atoms with Crippen LogP contribution < -0.4 is 16.1 Å². The lowest BCUT2D eigenvalue weighted by atomic mass is 9.87. The molecule has 0 spiro atoms. The number of ether oxygens (including phenoxy) is 2. The molecule has 0 saturated heterocycles. The van der Waals surface area contributed by atoms with Crippen LogP contribution in [0.5, 0.6) is 5.75 Å². The van der Waals surface area contributed by atoms with Gasteiger partial charge in [-0.15, -0.1) is 0 Å². The number of para-hydroxylation sites is 1. The fraction of sp³-hybridized carbons (Fsp3) is 0.158. The molecule has 0 radical (unpaired) electrons. The van der Waals surface area contributed by atoms with Gasteiger partial charge in [-0.1, -0.05) is 12.1 Å². The number of furan rings is 1. The molecule has 7 heteroatoms. The quantitative estimate of drug-likeness (QED) is 0.570. The lowest BCUT2D eigenvalue weighted by molar-refractivity contribution is -0.139. The van der Waals surface area contributed by atoms with Gasteiger partial charge in [0.15, 0.2) is 5.75 Å². The molecule has 1 atom stereocenters. The van der Waals surface area contributed by atoms with Gasteiger partial charge >= 0.3 is 11.6 Å². The largest absolute Gasteiger partial charge is 0.468 e. The Morgan fingerprint density at radius 2 is 2.04 bits per heavy atom. The van der Waals surface area contributed by atoms with E-state index < -0.39 is 17.5 Å². The summed E-state index contributed by atoms with van der Waals surface area (Å²) in [5.74, 6) is -1.07. The van der Waals surface area contributed by atoms with E-state index >= 15 is 0 Å².